The van der Waals surface area contributed by atoms with Gasteiger partial charge in [-0.15, -0.1) is 0 Å². The SMILES string of the molecule is CNC(=O)c1nc(CN2C[C@H](C3CC3)[C@@H](N)C2)no1. The second-order valence-corrected chi connectivity index (χ2v) is 5.45. The molecule has 1 aliphatic heterocycles. The molecule has 7 heteroatoms. The second kappa shape index (κ2) is 4.90. The van der Waals surface area contributed by atoms with E-state index in [1.807, 2.05) is 0 Å². The summed E-state index contributed by atoms with van der Waals surface area (Å²) in [5.41, 5.74) is 6.17. The van der Waals surface area contributed by atoms with Crippen molar-refractivity contribution in [3.63, 3.8) is 0 Å². The summed E-state index contributed by atoms with van der Waals surface area (Å²) in [5.74, 6) is 1.62. The molecule has 0 unspecified atom stereocenters. The number of nitrogens with one attached hydrogen (secondary N) is 1. The number of likely N-dealkylation sites (tertiary alicyclic amines) is 1. The van der Waals surface area contributed by atoms with Crippen LogP contribution < -0.4 is 11.1 Å². The molecule has 1 aromatic heterocycles. The van der Waals surface area contributed by atoms with Crippen LogP contribution in [0.25, 0.3) is 0 Å². The molecule has 0 spiro atoms. The number of hydrogen-bond donors (Lipinski definition) is 2. The van der Waals surface area contributed by atoms with Crippen LogP contribution in [-0.2, 0) is 6.54 Å². The molecule has 19 heavy (non-hydrogen) atoms. The van der Waals surface area contributed by atoms with E-state index in [2.05, 4.69) is 20.4 Å². The smallest absolute Gasteiger partial charge is 0.315 e. The summed E-state index contributed by atoms with van der Waals surface area (Å²) in [7, 11) is 1.53. The van der Waals surface area contributed by atoms with Gasteiger partial charge in [-0.3, -0.25) is 9.69 Å². The minimum atomic E-state index is -0.354. The van der Waals surface area contributed by atoms with Gasteiger partial charge in [0.15, 0.2) is 5.82 Å². The Morgan fingerprint density at radius 3 is 3.00 bits per heavy atom. The van der Waals surface area contributed by atoms with Gasteiger partial charge in [0, 0.05) is 26.2 Å². The average Bonchev–Trinajstić information content (AvgIpc) is 3.03. The van der Waals surface area contributed by atoms with E-state index in [1.54, 1.807) is 0 Å². The van der Waals surface area contributed by atoms with Crippen LogP contribution in [0.4, 0.5) is 0 Å². The van der Waals surface area contributed by atoms with E-state index in [4.69, 9.17) is 10.3 Å². The van der Waals surface area contributed by atoms with Gasteiger partial charge in [0.05, 0.1) is 6.54 Å². The average molecular weight is 265 g/mol. The summed E-state index contributed by atoms with van der Waals surface area (Å²) in [6, 6.07) is 0.248. The number of carbonyl (C=O) groups excluding carboxylic acids is 1. The molecule has 1 aromatic rings. The number of nitrogens with zero attached hydrogens (tertiary/aromatic N) is 3. The highest BCUT2D eigenvalue weighted by Crippen LogP contribution is 2.40. The molecular formula is C12H19N5O2. The van der Waals surface area contributed by atoms with E-state index >= 15 is 0 Å². The minimum Gasteiger partial charge on any atom is -0.351 e. The number of rotatable bonds is 4. The lowest BCUT2D eigenvalue weighted by molar-refractivity contribution is 0.0919. The molecule has 3 N–H and O–H groups in total. The van der Waals surface area contributed by atoms with Gasteiger partial charge in [-0.25, -0.2) is 0 Å². The predicted molar refractivity (Wildman–Crippen MR) is 67.2 cm³/mol. The van der Waals surface area contributed by atoms with Crippen molar-refractivity contribution < 1.29 is 9.32 Å². The lowest BCUT2D eigenvalue weighted by Gasteiger charge is -2.12. The van der Waals surface area contributed by atoms with E-state index in [1.165, 1.54) is 19.9 Å². The highest BCUT2D eigenvalue weighted by molar-refractivity contribution is 5.89. The first-order valence-corrected chi connectivity index (χ1v) is 6.70. The zero-order chi connectivity index (χ0) is 13.4. The molecule has 1 saturated heterocycles. The quantitative estimate of drug-likeness (QED) is 0.768. The largest absolute Gasteiger partial charge is 0.351 e. The summed E-state index contributed by atoms with van der Waals surface area (Å²) in [6.07, 6.45) is 2.63. The van der Waals surface area contributed by atoms with Gasteiger partial charge in [0.2, 0.25) is 0 Å². The number of hydrogen-bond acceptors (Lipinski definition) is 6. The monoisotopic (exact) mass is 265 g/mol. The maximum atomic E-state index is 11.3. The molecule has 2 atom stereocenters. The third-order valence-corrected chi connectivity index (χ3v) is 3.97. The predicted octanol–water partition coefficient (Wildman–Crippen LogP) is -0.402. The number of amides is 1. The molecule has 2 heterocycles. The highest BCUT2D eigenvalue weighted by Gasteiger charge is 2.40. The van der Waals surface area contributed by atoms with Gasteiger partial charge < -0.3 is 15.6 Å². The molecule has 2 aliphatic rings. The Morgan fingerprint density at radius 1 is 1.53 bits per heavy atom. The third-order valence-electron chi connectivity index (χ3n) is 3.97. The topological polar surface area (TPSA) is 97.3 Å². The summed E-state index contributed by atoms with van der Waals surface area (Å²) in [6.45, 7) is 2.46. The summed E-state index contributed by atoms with van der Waals surface area (Å²) in [5, 5.41) is 6.29. The van der Waals surface area contributed by atoms with Gasteiger partial charge in [-0.1, -0.05) is 5.16 Å². The maximum absolute atomic E-state index is 11.3. The molecule has 1 saturated carbocycles. The van der Waals surface area contributed by atoms with Crippen LogP contribution in [0.1, 0.15) is 29.4 Å². The molecule has 7 nitrogen and oxygen atoms in total. The minimum absolute atomic E-state index is 0.0136. The molecule has 104 valence electrons. The lowest BCUT2D eigenvalue weighted by atomic mass is 9.99. The molecule has 0 radical (unpaired) electrons. The number of carbonyl (C=O) groups is 1. The van der Waals surface area contributed by atoms with Gasteiger partial charge in [0.1, 0.15) is 0 Å². The molecule has 1 aliphatic carbocycles. The zero-order valence-corrected chi connectivity index (χ0v) is 11.0. The van der Waals surface area contributed by atoms with E-state index in [0.29, 0.717) is 18.3 Å². The zero-order valence-electron chi connectivity index (χ0n) is 11.0. The standard InChI is InChI=1S/C12H19N5O2/c1-14-11(18)12-15-10(16-19-12)6-17-4-8(7-2-3-7)9(13)5-17/h7-9H,2-6,13H2,1H3,(H,14,18)/t8-,9+/m1/s1. The first kappa shape index (κ1) is 12.6. The van der Waals surface area contributed by atoms with E-state index in [9.17, 15) is 4.79 Å². The molecular weight excluding hydrogens is 246 g/mol. The van der Waals surface area contributed by atoms with E-state index in [-0.39, 0.29) is 17.8 Å². The Kier molecular flexibility index (Phi) is 3.24. The van der Waals surface area contributed by atoms with Crippen molar-refractivity contribution in [2.45, 2.75) is 25.4 Å². The fraction of sp³-hybridized carbons (Fsp3) is 0.750. The van der Waals surface area contributed by atoms with Crippen molar-refractivity contribution in [2.75, 3.05) is 20.1 Å². The highest BCUT2D eigenvalue weighted by atomic mass is 16.5. The summed E-state index contributed by atoms with van der Waals surface area (Å²) >= 11 is 0. The normalized spacial score (nSPS) is 27.7. The number of aromatic nitrogens is 2. The molecule has 3 rings (SSSR count). The Hall–Kier alpha value is -1.47. The van der Waals surface area contributed by atoms with Crippen molar-refractivity contribution >= 4 is 5.91 Å². The van der Waals surface area contributed by atoms with E-state index in [0.717, 1.165) is 19.0 Å². The summed E-state index contributed by atoms with van der Waals surface area (Å²) < 4.78 is 4.91. The van der Waals surface area contributed by atoms with Gasteiger partial charge in [-0.2, -0.15) is 4.98 Å². The van der Waals surface area contributed by atoms with Crippen LogP contribution in [0.5, 0.6) is 0 Å². The van der Waals surface area contributed by atoms with Crippen LogP contribution in [0, 0.1) is 11.8 Å². The first-order valence-electron chi connectivity index (χ1n) is 6.70. The maximum Gasteiger partial charge on any atom is 0.315 e. The van der Waals surface area contributed by atoms with Gasteiger partial charge >= 0.3 is 11.8 Å². The third kappa shape index (κ3) is 2.62. The van der Waals surface area contributed by atoms with Gasteiger partial charge in [-0.05, 0) is 24.7 Å². The Morgan fingerprint density at radius 2 is 2.32 bits per heavy atom. The van der Waals surface area contributed by atoms with E-state index < -0.39 is 0 Å². The molecule has 0 bridgehead atoms. The molecule has 0 aromatic carbocycles. The van der Waals surface area contributed by atoms with Crippen LogP contribution in [0.3, 0.4) is 0 Å². The van der Waals surface area contributed by atoms with Crippen molar-refractivity contribution in [1.82, 2.24) is 20.4 Å². The van der Waals surface area contributed by atoms with Crippen molar-refractivity contribution in [2.24, 2.45) is 17.6 Å². The van der Waals surface area contributed by atoms with Crippen LogP contribution in [0.2, 0.25) is 0 Å². The molecule has 2 fully saturated rings. The van der Waals surface area contributed by atoms with Crippen LogP contribution in [-0.4, -0.2) is 47.1 Å². The summed E-state index contributed by atoms with van der Waals surface area (Å²) in [4.78, 5) is 17.6. The Balaban J connectivity index is 1.59. The van der Waals surface area contributed by atoms with Crippen LogP contribution in [0.15, 0.2) is 4.52 Å². The number of nitrogens with two attached hydrogens (primary N) is 1. The fourth-order valence-electron chi connectivity index (χ4n) is 2.81. The van der Waals surface area contributed by atoms with Crippen molar-refractivity contribution in [1.29, 1.82) is 0 Å². The molecule has 1 amide bonds. The second-order valence-electron chi connectivity index (χ2n) is 5.45. The Bertz CT molecular complexity index is 470. The Labute approximate surface area is 111 Å². The lowest BCUT2D eigenvalue weighted by Crippen LogP contribution is -2.30. The van der Waals surface area contributed by atoms with Crippen LogP contribution >= 0.6 is 0 Å². The van der Waals surface area contributed by atoms with Crippen molar-refractivity contribution in [3.8, 4) is 0 Å². The fourth-order valence-corrected chi connectivity index (χ4v) is 2.81. The first-order chi connectivity index (χ1) is 9.17. The van der Waals surface area contributed by atoms with Crippen molar-refractivity contribution in [3.05, 3.63) is 11.7 Å². The van der Waals surface area contributed by atoms with Gasteiger partial charge in [0.25, 0.3) is 0 Å².